The van der Waals surface area contributed by atoms with E-state index in [1.165, 1.54) is 11.3 Å². The van der Waals surface area contributed by atoms with Crippen LogP contribution in [-0.2, 0) is 32.2 Å². The predicted octanol–water partition coefficient (Wildman–Crippen LogP) is 3.76. The Balaban J connectivity index is 1.20. The third-order valence-electron chi connectivity index (χ3n) is 5.34. The van der Waals surface area contributed by atoms with Crippen LogP contribution in [0.4, 0.5) is 5.00 Å². The Labute approximate surface area is 187 Å². The molecule has 1 N–H and O–H groups in total. The van der Waals surface area contributed by atoms with Crippen LogP contribution < -0.4 is 5.32 Å². The molecule has 1 fully saturated rings. The van der Waals surface area contributed by atoms with Crippen molar-refractivity contribution in [3.8, 4) is 0 Å². The van der Waals surface area contributed by atoms with E-state index in [2.05, 4.69) is 15.1 Å². The average molecular weight is 455 g/mol. The molecule has 10 heteroatoms. The van der Waals surface area contributed by atoms with Gasteiger partial charge in [0.05, 0.1) is 28.6 Å². The Bertz CT molecular complexity index is 1090. The molecule has 166 valence electrons. The lowest BCUT2D eigenvalue weighted by Crippen LogP contribution is -2.34. The summed E-state index contributed by atoms with van der Waals surface area (Å²) in [4.78, 5) is 43.0. The molecule has 1 aliphatic rings. The molecule has 0 radical (unpaired) electrons. The van der Waals surface area contributed by atoms with Crippen LogP contribution in [0.25, 0.3) is 10.1 Å². The number of rotatable bonds is 9. The number of carbonyl (C=O) groups excluding carboxylic acids is 2. The lowest BCUT2D eigenvalue weighted by atomic mass is 9.75. The number of pyridine rings is 1. The number of hydrogen-bond donors (Lipinski definition) is 1. The number of aromatic nitrogens is 1. The molecular weight excluding hydrogens is 434 g/mol. The van der Waals surface area contributed by atoms with Crippen LogP contribution in [0.1, 0.15) is 24.0 Å². The van der Waals surface area contributed by atoms with Crippen LogP contribution in [0.5, 0.6) is 0 Å². The second-order valence-corrected chi connectivity index (χ2v) is 8.81. The number of esters is 1. The Morgan fingerprint density at radius 3 is 2.66 bits per heavy atom. The number of benzene rings is 1. The maximum Gasteiger partial charge on any atom is 0.309 e. The lowest BCUT2D eigenvalue weighted by molar-refractivity contribution is -0.759. The molecule has 1 aliphatic carbocycles. The van der Waals surface area contributed by atoms with Crippen molar-refractivity contribution >= 4 is 38.3 Å². The summed E-state index contributed by atoms with van der Waals surface area (Å²) in [5, 5.41) is 14.1. The minimum absolute atomic E-state index is 0.0198. The standard InChI is InChI=1S/C22H21N3O6S/c26-20(24-21-10-17-5-6-23-11-19(17)32-21)9-14-1-3-15(4-2-14)12-30-22(27)18-7-16(8-18)13-31-25(28)29/h1-6,10-11,16,18H,7-9,12-13H2,(H,24,26). The molecule has 0 bridgehead atoms. The topological polar surface area (TPSA) is 121 Å². The van der Waals surface area contributed by atoms with Crippen LogP contribution in [-0.4, -0.2) is 28.6 Å². The fourth-order valence-corrected chi connectivity index (χ4v) is 4.52. The van der Waals surface area contributed by atoms with E-state index in [1.807, 2.05) is 36.4 Å². The molecule has 3 aromatic rings. The molecule has 1 saturated carbocycles. The number of fused-ring (bicyclic) bond motifs is 1. The van der Waals surface area contributed by atoms with Gasteiger partial charge in [0, 0.05) is 12.4 Å². The van der Waals surface area contributed by atoms with Crippen molar-refractivity contribution in [2.45, 2.75) is 25.9 Å². The maximum atomic E-state index is 12.3. The first-order valence-corrected chi connectivity index (χ1v) is 10.9. The largest absolute Gasteiger partial charge is 0.461 e. The number of thiophene rings is 1. The van der Waals surface area contributed by atoms with Crippen molar-refractivity contribution in [1.29, 1.82) is 0 Å². The summed E-state index contributed by atoms with van der Waals surface area (Å²) in [5.74, 6) is -0.621. The highest BCUT2D eigenvalue weighted by molar-refractivity contribution is 7.22. The quantitative estimate of drug-likeness (QED) is 0.296. The Kier molecular flexibility index (Phi) is 6.60. The first-order chi connectivity index (χ1) is 15.5. The van der Waals surface area contributed by atoms with Crippen molar-refractivity contribution in [3.05, 3.63) is 70.0 Å². The van der Waals surface area contributed by atoms with E-state index in [0.717, 1.165) is 26.2 Å². The van der Waals surface area contributed by atoms with Gasteiger partial charge in [-0.3, -0.25) is 14.6 Å². The fourth-order valence-electron chi connectivity index (χ4n) is 3.57. The highest BCUT2D eigenvalue weighted by Crippen LogP contribution is 2.35. The molecule has 9 nitrogen and oxygen atoms in total. The number of nitrogens with one attached hydrogen (secondary N) is 1. The Morgan fingerprint density at radius 2 is 1.94 bits per heavy atom. The normalized spacial score (nSPS) is 17.4. The van der Waals surface area contributed by atoms with Crippen LogP contribution >= 0.6 is 11.3 Å². The first-order valence-electron chi connectivity index (χ1n) is 10.1. The van der Waals surface area contributed by atoms with Gasteiger partial charge in [-0.1, -0.05) is 24.3 Å². The zero-order valence-electron chi connectivity index (χ0n) is 17.1. The van der Waals surface area contributed by atoms with Crippen molar-refractivity contribution in [3.63, 3.8) is 0 Å². The number of carbonyl (C=O) groups is 2. The summed E-state index contributed by atoms with van der Waals surface area (Å²) < 4.78 is 6.36. The van der Waals surface area contributed by atoms with Gasteiger partial charge in [-0.2, -0.15) is 0 Å². The van der Waals surface area contributed by atoms with Crippen molar-refractivity contribution in [2.75, 3.05) is 11.9 Å². The third-order valence-corrected chi connectivity index (χ3v) is 6.34. The van der Waals surface area contributed by atoms with E-state index in [0.29, 0.717) is 12.8 Å². The minimum Gasteiger partial charge on any atom is -0.461 e. The SMILES string of the molecule is O=C(Cc1ccc(COC(=O)C2CC(CO[N+](=O)[O-])C2)cc1)Nc1cc2ccncc2s1. The van der Waals surface area contributed by atoms with Gasteiger partial charge in [0.2, 0.25) is 5.91 Å². The fraction of sp³-hybridized carbons (Fsp3) is 0.318. The summed E-state index contributed by atoms with van der Waals surface area (Å²) in [6.45, 7) is 0.166. The zero-order valence-corrected chi connectivity index (χ0v) is 17.9. The molecular formula is C22H21N3O6S. The summed E-state index contributed by atoms with van der Waals surface area (Å²) in [6.07, 6.45) is 4.81. The second kappa shape index (κ2) is 9.73. The van der Waals surface area contributed by atoms with Crippen molar-refractivity contribution in [2.24, 2.45) is 11.8 Å². The van der Waals surface area contributed by atoms with Gasteiger partial charge < -0.3 is 14.9 Å². The molecule has 1 aromatic carbocycles. The molecule has 0 spiro atoms. The molecule has 0 saturated heterocycles. The number of amides is 1. The Morgan fingerprint density at radius 1 is 1.19 bits per heavy atom. The van der Waals surface area contributed by atoms with Gasteiger partial charge in [-0.25, -0.2) is 0 Å². The van der Waals surface area contributed by atoms with E-state index < -0.39 is 5.09 Å². The van der Waals surface area contributed by atoms with E-state index in [9.17, 15) is 19.7 Å². The zero-order chi connectivity index (χ0) is 22.5. The van der Waals surface area contributed by atoms with E-state index in [1.54, 1.807) is 12.4 Å². The smallest absolute Gasteiger partial charge is 0.309 e. The minimum atomic E-state index is -0.819. The molecule has 1 amide bonds. The molecule has 2 heterocycles. The Hall–Kier alpha value is -3.53. The van der Waals surface area contributed by atoms with Gasteiger partial charge in [-0.15, -0.1) is 21.5 Å². The average Bonchev–Trinajstić information content (AvgIpc) is 3.14. The van der Waals surface area contributed by atoms with Gasteiger partial charge in [-0.05, 0) is 47.4 Å². The highest BCUT2D eigenvalue weighted by atomic mass is 32.1. The summed E-state index contributed by atoms with van der Waals surface area (Å²) in [5.41, 5.74) is 1.68. The molecule has 0 atom stereocenters. The van der Waals surface area contributed by atoms with Crippen LogP contribution in [0.15, 0.2) is 48.8 Å². The molecule has 4 rings (SSSR count). The first kappa shape index (κ1) is 21.7. The number of nitrogens with zero attached hydrogens (tertiary/aromatic N) is 2. The third kappa shape index (κ3) is 5.58. The lowest BCUT2D eigenvalue weighted by Gasteiger charge is -2.32. The van der Waals surface area contributed by atoms with Gasteiger partial charge in [0.15, 0.2) is 0 Å². The van der Waals surface area contributed by atoms with E-state index in [-0.39, 0.29) is 43.3 Å². The summed E-state index contributed by atoms with van der Waals surface area (Å²) >= 11 is 1.48. The second-order valence-electron chi connectivity index (χ2n) is 7.73. The van der Waals surface area contributed by atoms with Crippen molar-refractivity contribution in [1.82, 2.24) is 4.98 Å². The monoisotopic (exact) mass is 455 g/mol. The summed E-state index contributed by atoms with van der Waals surface area (Å²) in [6, 6.07) is 11.2. The molecule has 0 unspecified atom stereocenters. The predicted molar refractivity (Wildman–Crippen MR) is 117 cm³/mol. The van der Waals surface area contributed by atoms with Crippen LogP contribution in [0.2, 0.25) is 0 Å². The highest BCUT2D eigenvalue weighted by Gasteiger charge is 2.36. The van der Waals surface area contributed by atoms with Gasteiger partial charge in [0.1, 0.15) is 6.61 Å². The van der Waals surface area contributed by atoms with E-state index in [4.69, 9.17) is 4.74 Å². The number of ether oxygens (including phenoxy) is 1. The van der Waals surface area contributed by atoms with Crippen molar-refractivity contribution < 1.29 is 24.3 Å². The number of anilines is 1. The van der Waals surface area contributed by atoms with Gasteiger partial charge >= 0.3 is 5.97 Å². The molecule has 2 aromatic heterocycles. The van der Waals surface area contributed by atoms with Gasteiger partial charge in [0.25, 0.3) is 5.09 Å². The maximum absolute atomic E-state index is 12.3. The van der Waals surface area contributed by atoms with Crippen LogP contribution in [0, 0.1) is 22.0 Å². The molecule has 32 heavy (non-hydrogen) atoms. The molecule has 0 aliphatic heterocycles. The number of hydrogen-bond acceptors (Lipinski definition) is 8. The summed E-state index contributed by atoms with van der Waals surface area (Å²) in [7, 11) is 0. The van der Waals surface area contributed by atoms with Crippen LogP contribution in [0.3, 0.4) is 0 Å². The van der Waals surface area contributed by atoms with E-state index >= 15 is 0 Å².